The van der Waals surface area contributed by atoms with Crippen LogP contribution in [0.3, 0.4) is 0 Å². The Kier molecular flexibility index (Phi) is 3.27. The Morgan fingerprint density at radius 2 is 2.36 bits per heavy atom. The molecule has 2 unspecified atom stereocenters. The molecular formula is C8H17FN2. The van der Waals surface area contributed by atoms with Gasteiger partial charge in [-0.05, 0) is 26.3 Å². The molecule has 2 nitrogen and oxygen atoms in total. The van der Waals surface area contributed by atoms with Crippen molar-refractivity contribution in [3.63, 3.8) is 0 Å². The van der Waals surface area contributed by atoms with E-state index in [1.54, 1.807) is 0 Å². The minimum Gasteiger partial charge on any atom is -0.326 e. The van der Waals surface area contributed by atoms with Crippen molar-refractivity contribution in [2.24, 2.45) is 5.73 Å². The van der Waals surface area contributed by atoms with Crippen LogP contribution in [0.15, 0.2) is 0 Å². The van der Waals surface area contributed by atoms with E-state index in [9.17, 15) is 4.39 Å². The number of nitrogens with zero attached hydrogens (tertiary/aromatic N) is 1. The highest BCUT2D eigenvalue weighted by Gasteiger charge is 2.24. The van der Waals surface area contributed by atoms with E-state index < -0.39 is 0 Å². The Morgan fingerprint density at radius 3 is 3.00 bits per heavy atom. The quantitative estimate of drug-likeness (QED) is 0.646. The van der Waals surface area contributed by atoms with Gasteiger partial charge in [0.25, 0.3) is 0 Å². The van der Waals surface area contributed by atoms with Crippen LogP contribution in [0.2, 0.25) is 0 Å². The smallest absolute Gasteiger partial charge is 0.102 e. The van der Waals surface area contributed by atoms with E-state index in [2.05, 4.69) is 11.8 Å². The minimum atomic E-state index is -0.253. The largest absolute Gasteiger partial charge is 0.326 e. The molecule has 1 heterocycles. The van der Waals surface area contributed by atoms with Gasteiger partial charge >= 0.3 is 0 Å². The van der Waals surface area contributed by atoms with E-state index in [0.29, 0.717) is 12.6 Å². The van der Waals surface area contributed by atoms with Gasteiger partial charge in [0.1, 0.15) is 6.67 Å². The maximum atomic E-state index is 12.0. The summed E-state index contributed by atoms with van der Waals surface area (Å²) in [7, 11) is 0. The Morgan fingerprint density at radius 1 is 1.64 bits per heavy atom. The summed E-state index contributed by atoms with van der Waals surface area (Å²) in [6, 6.07) is 0.606. The lowest BCUT2D eigenvalue weighted by Crippen LogP contribution is -2.50. The third-order valence-electron chi connectivity index (χ3n) is 2.55. The van der Waals surface area contributed by atoms with Crippen LogP contribution in [-0.4, -0.2) is 36.7 Å². The van der Waals surface area contributed by atoms with Gasteiger partial charge in [-0.3, -0.25) is 4.90 Å². The average molecular weight is 160 g/mol. The topological polar surface area (TPSA) is 29.3 Å². The van der Waals surface area contributed by atoms with E-state index in [1.807, 2.05) is 0 Å². The van der Waals surface area contributed by atoms with Gasteiger partial charge in [-0.25, -0.2) is 4.39 Å². The van der Waals surface area contributed by atoms with Gasteiger partial charge in [0, 0.05) is 18.6 Å². The molecule has 0 amide bonds. The van der Waals surface area contributed by atoms with Crippen molar-refractivity contribution in [3.05, 3.63) is 0 Å². The van der Waals surface area contributed by atoms with Crippen LogP contribution in [0.25, 0.3) is 0 Å². The molecule has 0 aromatic rings. The fourth-order valence-electron chi connectivity index (χ4n) is 1.67. The Balaban J connectivity index is 2.38. The molecule has 0 radical (unpaired) electrons. The van der Waals surface area contributed by atoms with Gasteiger partial charge in [-0.15, -0.1) is 0 Å². The van der Waals surface area contributed by atoms with Crippen molar-refractivity contribution in [1.29, 1.82) is 0 Å². The molecule has 11 heavy (non-hydrogen) atoms. The van der Waals surface area contributed by atoms with E-state index in [1.165, 1.54) is 0 Å². The van der Waals surface area contributed by atoms with E-state index in [4.69, 9.17) is 5.73 Å². The highest BCUT2D eigenvalue weighted by molar-refractivity contribution is 4.83. The molecule has 1 aliphatic rings. The molecule has 2 atom stereocenters. The highest BCUT2D eigenvalue weighted by atomic mass is 19.1. The first kappa shape index (κ1) is 8.94. The number of alkyl halides is 1. The molecule has 0 aliphatic carbocycles. The van der Waals surface area contributed by atoms with Crippen LogP contribution < -0.4 is 5.73 Å². The van der Waals surface area contributed by atoms with Crippen molar-refractivity contribution >= 4 is 0 Å². The minimum absolute atomic E-state index is 0.246. The first-order valence-corrected chi connectivity index (χ1v) is 4.31. The Hall–Kier alpha value is -0.150. The highest BCUT2D eigenvalue weighted by Crippen LogP contribution is 2.14. The lowest BCUT2D eigenvalue weighted by Gasteiger charge is -2.36. The molecule has 1 aliphatic heterocycles. The van der Waals surface area contributed by atoms with Crippen LogP contribution in [0.1, 0.15) is 19.8 Å². The molecule has 2 N–H and O–H groups in total. The second-order valence-corrected chi connectivity index (χ2v) is 3.27. The van der Waals surface area contributed by atoms with Crippen molar-refractivity contribution in [1.82, 2.24) is 4.90 Å². The summed E-state index contributed by atoms with van der Waals surface area (Å²) in [4.78, 5) is 2.13. The third-order valence-corrected chi connectivity index (χ3v) is 2.55. The van der Waals surface area contributed by atoms with Crippen LogP contribution in [0.4, 0.5) is 4.39 Å². The number of rotatable bonds is 2. The zero-order chi connectivity index (χ0) is 8.27. The van der Waals surface area contributed by atoms with Crippen molar-refractivity contribution in [3.8, 4) is 0 Å². The van der Waals surface area contributed by atoms with Crippen LogP contribution in [-0.2, 0) is 0 Å². The van der Waals surface area contributed by atoms with Gasteiger partial charge in [0.15, 0.2) is 0 Å². The maximum Gasteiger partial charge on any atom is 0.102 e. The standard InChI is InChI=1S/C8H17FN2/c1-7-8(10)3-2-5-11(7)6-4-9/h7-8H,2-6,10H2,1H3. The summed E-state index contributed by atoms with van der Waals surface area (Å²) in [5.41, 5.74) is 5.83. The fraction of sp³-hybridized carbons (Fsp3) is 1.00. The molecule has 3 heteroatoms. The molecule has 66 valence electrons. The first-order valence-electron chi connectivity index (χ1n) is 4.31. The number of halogens is 1. The number of piperidine rings is 1. The predicted molar refractivity (Wildman–Crippen MR) is 44.2 cm³/mol. The number of hydrogen-bond donors (Lipinski definition) is 1. The van der Waals surface area contributed by atoms with Crippen molar-refractivity contribution in [2.45, 2.75) is 31.8 Å². The average Bonchev–Trinajstić information content (AvgIpc) is 1.99. The van der Waals surface area contributed by atoms with Gasteiger partial charge in [0.05, 0.1) is 0 Å². The van der Waals surface area contributed by atoms with Gasteiger partial charge in [-0.1, -0.05) is 0 Å². The zero-order valence-electron chi connectivity index (χ0n) is 7.09. The van der Waals surface area contributed by atoms with Gasteiger partial charge in [0.2, 0.25) is 0 Å². The molecule has 0 saturated carbocycles. The summed E-state index contributed by atoms with van der Waals surface area (Å²) in [5, 5.41) is 0. The number of likely N-dealkylation sites (tertiary alicyclic amines) is 1. The molecule has 1 fully saturated rings. The summed E-state index contributed by atoms with van der Waals surface area (Å²) >= 11 is 0. The normalized spacial score (nSPS) is 34.1. The second-order valence-electron chi connectivity index (χ2n) is 3.27. The number of nitrogens with two attached hydrogens (primary N) is 1. The van der Waals surface area contributed by atoms with E-state index >= 15 is 0 Å². The van der Waals surface area contributed by atoms with Crippen LogP contribution in [0.5, 0.6) is 0 Å². The SMILES string of the molecule is CC1C(N)CCCN1CCF. The molecule has 0 spiro atoms. The molecule has 0 bridgehead atoms. The summed E-state index contributed by atoms with van der Waals surface area (Å²) in [6.45, 7) is 3.39. The lowest BCUT2D eigenvalue weighted by molar-refractivity contribution is 0.131. The summed E-state index contributed by atoms with van der Waals surface area (Å²) in [5.74, 6) is 0. The molecule has 1 saturated heterocycles. The monoisotopic (exact) mass is 160 g/mol. The summed E-state index contributed by atoms with van der Waals surface area (Å²) < 4.78 is 12.0. The fourth-order valence-corrected chi connectivity index (χ4v) is 1.67. The maximum absolute atomic E-state index is 12.0. The van der Waals surface area contributed by atoms with Crippen molar-refractivity contribution < 1.29 is 4.39 Å². The molecule has 1 rings (SSSR count). The van der Waals surface area contributed by atoms with E-state index in [-0.39, 0.29) is 12.7 Å². The van der Waals surface area contributed by atoms with Gasteiger partial charge < -0.3 is 5.73 Å². The lowest BCUT2D eigenvalue weighted by atomic mass is 9.99. The molecule has 0 aromatic carbocycles. The Labute approximate surface area is 67.6 Å². The number of hydrogen-bond acceptors (Lipinski definition) is 2. The second kappa shape index (κ2) is 4.02. The summed E-state index contributed by atoms with van der Waals surface area (Å²) in [6.07, 6.45) is 2.20. The predicted octanol–water partition coefficient (Wildman–Crippen LogP) is 0.767. The molecule has 0 aromatic heterocycles. The van der Waals surface area contributed by atoms with E-state index in [0.717, 1.165) is 19.4 Å². The van der Waals surface area contributed by atoms with Crippen molar-refractivity contribution in [2.75, 3.05) is 19.8 Å². The first-order chi connectivity index (χ1) is 5.25. The van der Waals surface area contributed by atoms with Gasteiger partial charge in [-0.2, -0.15) is 0 Å². The third kappa shape index (κ3) is 2.14. The van der Waals surface area contributed by atoms with Crippen LogP contribution in [0, 0.1) is 0 Å². The Bertz CT molecular complexity index is 117. The zero-order valence-corrected chi connectivity index (χ0v) is 7.09. The van der Waals surface area contributed by atoms with Crippen LogP contribution >= 0.6 is 0 Å². The molecular weight excluding hydrogens is 143 g/mol.